The molecule has 0 aliphatic heterocycles. The molecule has 0 spiro atoms. The highest BCUT2D eigenvalue weighted by Crippen LogP contribution is 2.18. The predicted octanol–water partition coefficient (Wildman–Crippen LogP) is 3.85. The first-order valence-corrected chi connectivity index (χ1v) is 6.50. The van der Waals surface area contributed by atoms with Gasteiger partial charge < -0.3 is 0 Å². The zero-order valence-electron chi connectivity index (χ0n) is 9.92. The highest BCUT2D eigenvalue weighted by Gasteiger charge is 2.11. The Bertz CT molecular complexity index is 376. The smallest absolute Gasteiger partial charge is 0.173 e. The van der Waals surface area contributed by atoms with E-state index in [-0.39, 0.29) is 11.6 Å². The fraction of sp³-hybridized carbons (Fsp3) is 0.462. The number of rotatable bonds is 5. The molecule has 0 aliphatic rings. The van der Waals surface area contributed by atoms with Crippen LogP contribution in [0.4, 0.5) is 4.39 Å². The molecular formula is C13H17FOS. The number of hydrogen-bond donors (Lipinski definition) is 0. The molecule has 0 heterocycles. The molecule has 0 saturated carbocycles. The summed E-state index contributed by atoms with van der Waals surface area (Å²) in [6, 6.07) is 4.36. The van der Waals surface area contributed by atoms with E-state index in [0.29, 0.717) is 16.6 Å². The lowest BCUT2D eigenvalue weighted by Gasteiger charge is -2.08. The van der Waals surface area contributed by atoms with Gasteiger partial charge in [-0.2, -0.15) is 11.8 Å². The van der Waals surface area contributed by atoms with E-state index in [9.17, 15) is 9.18 Å². The molecule has 1 aromatic rings. The largest absolute Gasteiger partial charge is 0.293 e. The molecule has 0 fully saturated rings. The van der Waals surface area contributed by atoms with Crippen LogP contribution >= 0.6 is 11.8 Å². The highest BCUT2D eigenvalue weighted by molar-refractivity contribution is 8.00. The van der Waals surface area contributed by atoms with E-state index in [0.717, 1.165) is 12.0 Å². The number of benzene rings is 1. The summed E-state index contributed by atoms with van der Waals surface area (Å²) in [4.78, 5) is 11.9. The van der Waals surface area contributed by atoms with Crippen molar-refractivity contribution in [3.05, 3.63) is 35.1 Å². The van der Waals surface area contributed by atoms with Crippen molar-refractivity contribution in [3.8, 4) is 0 Å². The van der Waals surface area contributed by atoms with Crippen molar-refractivity contribution >= 4 is 17.5 Å². The molecule has 0 saturated heterocycles. The summed E-state index contributed by atoms with van der Waals surface area (Å²) in [7, 11) is 0. The van der Waals surface area contributed by atoms with Crippen molar-refractivity contribution in [2.45, 2.75) is 32.4 Å². The average Bonchev–Trinajstić information content (AvgIpc) is 2.28. The molecule has 0 amide bonds. The normalized spacial score (nSPS) is 12.5. The number of carbonyl (C=O) groups is 1. The van der Waals surface area contributed by atoms with Crippen LogP contribution in [0.1, 0.15) is 36.2 Å². The first kappa shape index (κ1) is 13.2. The molecule has 0 bridgehead atoms. The molecule has 1 unspecified atom stereocenters. The number of aryl methyl sites for hydroxylation is 1. The van der Waals surface area contributed by atoms with Gasteiger partial charge in [0.15, 0.2) is 5.78 Å². The van der Waals surface area contributed by atoms with Gasteiger partial charge in [0, 0.05) is 10.8 Å². The summed E-state index contributed by atoms with van der Waals surface area (Å²) in [5.74, 6) is 0.101. The van der Waals surface area contributed by atoms with Crippen molar-refractivity contribution in [3.63, 3.8) is 0 Å². The summed E-state index contributed by atoms with van der Waals surface area (Å²) < 4.78 is 13.0. The van der Waals surface area contributed by atoms with Gasteiger partial charge in [0.1, 0.15) is 5.82 Å². The lowest BCUT2D eigenvalue weighted by atomic mass is 10.1. The minimum Gasteiger partial charge on any atom is -0.293 e. The summed E-state index contributed by atoms with van der Waals surface area (Å²) in [6.07, 6.45) is 1.04. The number of carbonyl (C=O) groups excluding carboxylic acids is 1. The van der Waals surface area contributed by atoms with E-state index < -0.39 is 0 Å². The lowest BCUT2D eigenvalue weighted by Crippen LogP contribution is -2.08. The van der Waals surface area contributed by atoms with E-state index in [2.05, 4.69) is 13.8 Å². The van der Waals surface area contributed by atoms with E-state index in [4.69, 9.17) is 0 Å². The zero-order chi connectivity index (χ0) is 12.1. The summed E-state index contributed by atoms with van der Waals surface area (Å²) in [5, 5.41) is 0.470. The van der Waals surface area contributed by atoms with Crippen LogP contribution in [0, 0.1) is 12.7 Å². The summed E-state index contributed by atoms with van der Waals surface area (Å²) in [5.41, 5.74) is 1.35. The fourth-order valence-corrected chi connectivity index (χ4v) is 2.14. The van der Waals surface area contributed by atoms with Crippen LogP contribution in [-0.2, 0) is 0 Å². The van der Waals surface area contributed by atoms with Gasteiger partial charge in [0.2, 0.25) is 0 Å². The molecule has 16 heavy (non-hydrogen) atoms. The quantitative estimate of drug-likeness (QED) is 0.727. The minimum absolute atomic E-state index is 0.0160. The van der Waals surface area contributed by atoms with E-state index in [1.165, 1.54) is 12.1 Å². The second kappa shape index (κ2) is 6.04. The maximum atomic E-state index is 13.0. The first-order valence-electron chi connectivity index (χ1n) is 5.45. The first-order chi connectivity index (χ1) is 7.54. The summed E-state index contributed by atoms with van der Waals surface area (Å²) in [6.45, 7) is 6.02. The molecule has 3 heteroatoms. The fourth-order valence-electron chi connectivity index (χ4n) is 1.31. The van der Waals surface area contributed by atoms with Gasteiger partial charge in [-0.1, -0.05) is 19.9 Å². The number of hydrogen-bond acceptors (Lipinski definition) is 2. The Labute approximate surface area is 100 Å². The molecule has 0 N–H and O–H groups in total. The van der Waals surface area contributed by atoms with Gasteiger partial charge in [0.05, 0.1) is 5.75 Å². The molecule has 1 atom stereocenters. The van der Waals surface area contributed by atoms with Crippen molar-refractivity contribution in [2.75, 3.05) is 5.75 Å². The Hall–Kier alpha value is -0.830. The highest BCUT2D eigenvalue weighted by atomic mass is 32.2. The molecule has 0 aromatic heterocycles. The van der Waals surface area contributed by atoms with Crippen LogP contribution in [0.25, 0.3) is 0 Å². The molecule has 1 rings (SSSR count). The van der Waals surface area contributed by atoms with Gasteiger partial charge in [0.25, 0.3) is 0 Å². The van der Waals surface area contributed by atoms with Gasteiger partial charge >= 0.3 is 0 Å². The third-order valence-corrected chi connectivity index (χ3v) is 3.91. The molecule has 0 aliphatic carbocycles. The monoisotopic (exact) mass is 240 g/mol. The van der Waals surface area contributed by atoms with E-state index >= 15 is 0 Å². The Morgan fingerprint density at radius 2 is 2.19 bits per heavy atom. The maximum absolute atomic E-state index is 13.0. The molecular weight excluding hydrogens is 223 g/mol. The molecule has 0 radical (unpaired) electrons. The predicted molar refractivity (Wildman–Crippen MR) is 67.7 cm³/mol. The number of halogens is 1. The zero-order valence-corrected chi connectivity index (χ0v) is 10.7. The van der Waals surface area contributed by atoms with Gasteiger partial charge in [-0.25, -0.2) is 4.39 Å². The van der Waals surface area contributed by atoms with Crippen LogP contribution in [0.5, 0.6) is 0 Å². The summed E-state index contributed by atoms with van der Waals surface area (Å²) >= 11 is 1.62. The molecule has 1 aromatic carbocycles. The minimum atomic E-state index is -0.345. The third-order valence-electron chi connectivity index (χ3n) is 2.57. The second-order valence-corrected chi connectivity index (χ2v) is 5.34. The van der Waals surface area contributed by atoms with Crippen molar-refractivity contribution < 1.29 is 9.18 Å². The topological polar surface area (TPSA) is 17.1 Å². The van der Waals surface area contributed by atoms with Gasteiger partial charge in [-0.15, -0.1) is 0 Å². The van der Waals surface area contributed by atoms with Crippen LogP contribution in [0.15, 0.2) is 18.2 Å². The average molecular weight is 240 g/mol. The Kier molecular flexibility index (Phi) is 5.00. The standard InChI is InChI=1S/C13H17FOS/c1-4-10(3)16-8-13(15)12-7-11(14)6-5-9(12)2/h5-7,10H,4,8H2,1-3H3. The van der Waals surface area contributed by atoms with Gasteiger partial charge in [-0.05, 0) is 31.0 Å². The van der Waals surface area contributed by atoms with Crippen molar-refractivity contribution in [2.24, 2.45) is 0 Å². The number of Topliss-reactive ketones (excluding diaryl/α,β-unsaturated/α-hetero) is 1. The number of ketones is 1. The van der Waals surface area contributed by atoms with Crippen LogP contribution in [-0.4, -0.2) is 16.8 Å². The van der Waals surface area contributed by atoms with Crippen LogP contribution in [0.2, 0.25) is 0 Å². The Morgan fingerprint density at radius 3 is 2.81 bits per heavy atom. The lowest BCUT2D eigenvalue weighted by molar-refractivity contribution is 0.102. The molecule has 1 nitrogen and oxygen atoms in total. The maximum Gasteiger partial charge on any atom is 0.173 e. The van der Waals surface area contributed by atoms with E-state index in [1.54, 1.807) is 17.8 Å². The Morgan fingerprint density at radius 1 is 1.50 bits per heavy atom. The van der Waals surface area contributed by atoms with Crippen molar-refractivity contribution in [1.82, 2.24) is 0 Å². The van der Waals surface area contributed by atoms with Gasteiger partial charge in [-0.3, -0.25) is 4.79 Å². The third kappa shape index (κ3) is 3.63. The van der Waals surface area contributed by atoms with Crippen LogP contribution < -0.4 is 0 Å². The second-order valence-electron chi connectivity index (χ2n) is 3.91. The number of thioether (sulfide) groups is 1. The SMILES string of the molecule is CCC(C)SCC(=O)c1cc(F)ccc1C. The Balaban J connectivity index is 2.69. The van der Waals surface area contributed by atoms with Crippen LogP contribution in [0.3, 0.4) is 0 Å². The molecule has 88 valence electrons. The van der Waals surface area contributed by atoms with Crippen molar-refractivity contribution in [1.29, 1.82) is 0 Å². The van der Waals surface area contributed by atoms with E-state index in [1.807, 2.05) is 6.92 Å².